The summed E-state index contributed by atoms with van der Waals surface area (Å²) in [4.78, 5) is 11.6. The zero-order chi connectivity index (χ0) is 14.8. The van der Waals surface area contributed by atoms with Crippen LogP contribution in [0.5, 0.6) is 0 Å². The summed E-state index contributed by atoms with van der Waals surface area (Å²) >= 11 is 5.12. The molecule has 1 fully saturated rings. The van der Waals surface area contributed by atoms with E-state index in [9.17, 15) is 4.79 Å². The van der Waals surface area contributed by atoms with Crippen molar-refractivity contribution in [3.05, 3.63) is 42.0 Å². The van der Waals surface area contributed by atoms with Crippen molar-refractivity contribution in [2.75, 3.05) is 11.9 Å². The van der Waals surface area contributed by atoms with E-state index < -0.39 is 0 Å². The van der Waals surface area contributed by atoms with Gasteiger partial charge >= 0.3 is 0 Å². The lowest BCUT2D eigenvalue weighted by molar-refractivity contribution is -0.122. The number of nitrogens with one attached hydrogen (secondary N) is 2. The Morgan fingerprint density at radius 1 is 1.24 bits per heavy atom. The maximum absolute atomic E-state index is 11.2. The lowest BCUT2D eigenvalue weighted by Gasteiger charge is -2.25. The van der Waals surface area contributed by atoms with Gasteiger partial charge in [-0.25, -0.2) is 0 Å². The normalized spacial score (nSPS) is 18.3. The molecule has 4 N–H and O–H groups in total. The van der Waals surface area contributed by atoms with Crippen LogP contribution in [0.25, 0.3) is 10.8 Å². The van der Waals surface area contributed by atoms with E-state index in [1.165, 1.54) is 0 Å². The van der Waals surface area contributed by atoms with Crippen LogP contribution in [-0.4, -0.2) is 23.5 Å². The van der Waals surface area contributed by atoms with Gasteiger partial charge in [0.05, 0.1) is 0 Å². The van der Waals surface area contributed by atoms with E-state index in [2.05, 4.69) is 16.7 Å². The van der Waals surface area contributed by atoms with Crippen LogP contribution < -0.4 is 16.4 Å². The number of nitrogens with two attached hydrogens (primary N) is 1. The predicted octanol–water partition coefficient (Wildman–Crippen LogP) is 2.16. The summed E-state index contributed by atoms with van der Waals surface area (Å²) in [6, 6.07) is 12.3. The maximum Gasteiger partial charge on any atom is 0.220 e. The molecule has 1 heterocycles. The molecule has 0 saturated carbocycles. The van der Waals surface area contributed by atoms with Gasteiger partial charge in [-0.15, -0.1) is 0 Å². The number of carbonyl (C=O) groups excluding carboxylic acids is 1. The summed E-state index contributed by atoms with van der Waals surface area (Å²) in [6.45, 7) is 0.657. The number of carbonyl (C=O) groups is 1. The topological polar surface area (TPSA) is 67.1 Å². The molecule has 1 unspecified atom stereocenters. The van der Waals surface area contributed by atoms with Crippen LogP contribution in [0.15, 0.2) is 36.4 Å². The summed E-state index contributed by atoms with van der Waals surface area (Å²) < 4.78 is 0. The van der Waals surface area contributed by atoms with E-state index in [4.69, 9.17) is 18.0 Å². The fraction of sp³-hybridized carbons (Fsp3) is 0.250. The number of rotatable bonds is 3. The molecule has 0 spiro atoms. The van der Waals surface area contributed by atoms with Crippen LogP contribution in [0.4, 0.5) is 5.69 Å². The van der Waals surface area contributed by atoms with Gasteiger partial charge in [0, 0.05) is 35.6 Å². The monoisotopic (exact) mass is 299 g/mol. The second-order valence-electron chi connectivity index (χ2n) is 5.25. The highest BCUT2D eigenvalue weighted by Gasteiger charge is 2.18. The van der Waals surface area contributed by atoms with Gasteiger partial charge in [0.25, 0.3) is 0 Å². The van der Waals surface area contributed by atoms with Crippen LogP contribution in [0.1, 0.15) is 18.4 Å². The van der Waals surface area contributed by atoms with E-state index in [0.717, 1.165) is 28.4 Å². The third kappa shape index (κ3) is 2.83. The van der Waals surface area contributed by atoms with Crippen LogP contribution >= 0.6 is 12.2 Å². The standard InChI is InChI=1S/C16H17N3OS/c17-16(21)13-6-7-14(12-4-2-1-3-11(12)13)19-10-5-8-15(20)18-9-10/h1-4,6-7,10,19H,5,8-9H2,(H2,17,21)(H,18,20). The first-order chi connectivity index (χ1) is 10.1. The first-order valence-corrected chi connectivity index (χ1v) is 7.41. The molecule has 4 nitrogen and oxygen atoms in total. The Balaban J connectivity index is 1.94. The minimum Gasteiger partial charge on any atom is -0.389 e. The Bertz CT molecular complexity index is 704. The molecule has 0 aliphatic carbocycles. The van der Waals surface area contributed by atoms with Crippen molar-refractivity contribution in [1.82, 2.24) is 5.32 Å². The molecule has 0 bridgehead atoms. The maximum atomic E-state index is 11.2. The first-order valence-electron chi connectivity index (χ1n) is 7.00. The number of thiocarbonyl (C=S) groups is 1. The fourth-order valence-corrected chi connectivity index (χ4v) is 2.89. The minimum atomic E-state index is 0.127. The number of hydrogen-bond donors (Lipinski definition) is 3. The summed E-state index contributed by atoms with van der Waals surface area (Å²) in [7, 11) is 0. The van der Waals surface area contributed by atoms with E-state index >= 15 is 0 Å². The fourth-order valence-electron chi connectivity index (χ4n) is 2.72. The molecule has 1 amide bonds. The van der Waals surface area contributed by atoms with E-state index in [1.54, 1.807) is 0 Å². The lowest BCUT2D eigenvalue weighted by atomic mass is 10.0. The zero-order valence-corrected chi connectivity index (χ0v) is 12.4. The molecule has 2 aromatic rings. The van der Waals surface area contributed by atoms with Crippen molar-refractivity contribution >= 4 is 39.6 Å². The van der Waals surface area contributed by atoms with Crippen molar-refractivity contribution in [1.29, 1.82) is 0 Å². The molecular weight excluding hydrogens is 282 g/mol. The third-order valence-corrected chi connectivity index (χ3v) is 4.03. The SMILES string of the molecule is NC(=S)c1ccc(NC2CCC(=O)NC2)c2ccccc12. The van der Waals surface area contributed by atoms with Crippen molar-refractivity contribution in [3.8, 4) is 0 Å². The van der Waals surface area contributed by atoms with E-state index in [-0.39, 0.29) is 11.9 Å². The Labute approximate surface area is 128 Å². The molecule has 0 radical (unpaired) electrons. The van der Waals surface area contributed by atoms with Gasteiger partial charge in [-0.3, -0.25) is 4.79 Å². The predicted molar refractivity (Wildman–Crippen MR) is 89.5 cm³/mol. The first kappa shape index (κ1) is 13.8. The quantitative estimate of drug-likeness (QED) is 0.760. The number of fused-ring (bicyclic) bond motifs is 1. The average molecular weight is 299 g/mol. The van der Waals surface area contributed by atoms with Crippen molar-refractivity contribution < 1.29 is 4.79 Å². The van der Waals surface area contributed by atoms with Crippen LogP contribution in [0, 0.1) is 0 Å². The summed E-state index contributed by atoms with van der Waals surface area (Å²) in [5.74, 6) is 0.127. The minimum absolute atomic E-state index is 0.127. The molecular formula is C16H17N3OS. The zero-order valence-electron chi connectivity index (χ0n) is 11.6. The molecule has 1 aliphatic heterocycles. The highest BCUT2D eigenvalue weighted by molar-refractivity contribution is 7.80. The summed E-state index contributed by atoms with van der Waals surface area (Å²) in [6.07, 6.45) is 1.41. The molecule has 1 saturated heterocycles. The molecule has 2 aromatic carbocycles. The Hall–Kier alpha value is -2.14. The highest BCUT2D eigenvalue weighted by Crippen LogP contribution is 2.28. The lowest BCUT2D eigenvalue weighted by Crippen LogP contribution is -2.41. The number of anilines is 1. The number of benzene rings is 2. The second kappa shape index (κ2) is 5.69. The van der Waals surface area contributed by atoms with Gasteiger partial charge in [-0.1, -0.05) is 36.5 Å². The van der Waals surface area contributed by atoms with Crippen LogP contribution in [-0.2, 0) is 4.79 Å². The Morgan fingerprint density at radius 2 is 2.00 bits per heavy atom. The van der Waals surface area contributed by atoms with Crippen molar-refractivity contribution in [2.45, 2.75) is 18.9 Å². The summed E-state index contributed by atoms with van der Waals surface area (Å²) in [5.41, 5.74) is 7.73. The molecule has 1 atom stereocenters. The van der Waals surface area contributed by atoms with Crippen molar-refractivity contribution in [3.63, 3.8) is 0 Å². The number of piperidine rings is 1. The molecule has 21 heavy (non-hydrogen) atoms. The van der Waals surface area contributed by atoms with Gasteiger partial charge in [0.2, 0.25) is 5.91 Å². The molecule has 108 valence electrons. The van der Waals surface area contributed by atoms with Crippen LogP contribution in [0.2, 0.25) is 0 Å². The second-order valence-corrected chi connectivity index (χ2v) is 5.69. The van der Waals surface area contributed by atoms with Gasteiger partial charge in [-0.05, 0) is 23.9 Å². The van der Waals surface area contributed by atoms with Gasteiger partial charge in [0.15, 0.2) is 0 Å². The number of amides is 1. The molecule has 5 heteroatoms. The smallest absolute Gasteiger partial charge is 0.220 e. The summed E-state index contributed by atoms with van der Waals surface area (Å²) in [5, 5.41) is 8.55. The van der Waals surface area contributed by atoms with Crippen LogP contribution in [0.3, 0.4) is 0 Å². The molecule has 1 aliphatic rings. The Morgan fingerprint density at radius 3 is 2.67 bits per heavy atom. The number of hydrogen-bond acceptors (Lipinski definition) is 3. The van der Waals surface area contributed by atoms with E-state index in [1.807, 2.05) is 30.3 Å². The van der Waals surface area contributed by atoms with Gasteiger partial charge < -0.3 is 16.4 Å². The van der Waals surface area contributed by atoms with Gasteiger partial charge in [0.1, 0.15) is 4.99 Å². The largest absolute Gasteiger partial charge is 0.389 e. The Kier molecular flexibility index (Phi) is 3.75. The van der Waals surface area contributed by atoms with Crippen molar-refractivity contribution in [2.24, 2.45) is 5.73 Å². The highest BCUT2D eigenvalue weighted by atomic mass is 32.1. The molecule has 0 aromatic heterocycles. The average Bonchev–Trinajstić information content (AvgIpc) is 2.49. The third-order valence-electron chi connectivity index (χ3n) is 3.81. The molecule has 3 rings (SSSR count). The van der Waals surface area contributed by atoms with Gasteiger partial charge in [-0.2, -0.15) is 0 Å². The van der Waals surface area contributed by atoms with E-state index in [0.29, 0.717) is 18.0 Å².